The molecule has 0 unspecified atom stereocenters. The third-order valence-electron chi connectivity index (χ3n) is 2.57. The summed E-state index contributed by atoms with van der Waals surface area (Å²) in [6.07, 6.45) is 0.453. The van der Waals surface area contributed by atoms with Gasteiger partial charge in [0.25, 0.3) is 5.56 Å². The summed E-state index contributed by atoms with van der Waals surface area (Å²) >= 11 is 0. The zero-order chi connectivity index (χ0) is 13.2. The fraction of sp³-hybridized carbons (Fsp3) is 0.600. The predicted molar refractivity (Wildman–Crippen MR) is 66.1 cm³/mol. The normalized spacial score (nSPS) is 11.5. The predicted octanol–water partition coefficient (Wildman–Crippen LogP) is -0.771. The van der Waals surface area contributed by atoms with Crippen LogP contribution in [0.4, 0.5) is 11.5 Å². The molecule has 1 aromatic heterocycles. The van der Waals surface area contributed by atoms with Crippen molar-refractivity contribution in [3.63, 3.8) is 0 Å². The van der Waals surface area contributed by atoms with Crippen molar-refractivity contribution in [1.29, 1.82) is 0 Å². The Morgan fingerprint density at radius 2 is 2.06 bits per heavy atom. The maximum atomic E-state index is 11.6. The van der Waals surface area contributed by atoms with Gasteiger partial charge in [-0.25, -0.2) is 4.79 Å². The Kier molecular flexibility index (Phi) is 3.62. The molecule has 0 aliphatic carbocycles. The molecule has 0 amide bonds. The van der Waals surface area contributed by atoms with Gasteiger partial charge in [0.1, 0.15) is 11.5 Å². The minimum absolute atomic E-state index is 0.0103. The van der Waals surface area contributed by atoms with Crippen LogP contribution in [-0.2, 0) is 7.05 Å². The number of aliphatic hydroxyl groups is 1. The van der Waals surface area contributed by atoms with Crippen molar-refractivity contribution in [2.24, 2.45) is 7.05 Å². The number of aromatic amines is 1. The smallest absolute Gasteiger partial charge is 0.329 e. The van der Waals surface area contributed by atoms with Crippen LogP contribution in [0.15, 0.2) is 9.59 Å². The molecule has 0 radical (unpaired) electrons. The second kappa shape index (κ2) is 4.62. The first-order valence-corrected chi connectivity index (χ1v) is 5.26. The summed E-state index contributed by atoms with van der Waals surface area (Å²) in [5.41, 5.74) is 4.24. The van der Waals surface area contributed by atoms with Crippen LogP contribution in [0.1, 0.15) is 20.3 Å². The summed E-state index contributed by atoms with van der Waals surface area (Å²) in [6, 6.07) is 0. The molecular formula is C10H18N4O3. The molecule has 17 heavy (non-hydrogen) atoms. The van der Waals surface area contributed by atoms with Crippen molar-refractivity contribution in [2.45, 2.75) is 25.8 Å². The first kappa shape index (κ1) is 13.3. The highest BCUT2D eigenvalue weighted by Crippen LogP contribution is 2.18. The molecule has 0 aliphatic rings. The van der Waals surface area contributed by atoms with Crippen molar-refractivity contribution in [2.75, 3.05) is 17.7 Å². The molecule has 5 N–H and O–H groups in total. The lowest BCUT2D eigenvalue weighted by atomic mass is 10.0. The summed E-state index contributed by atoms with van der Waals surface area (Å²) in [4.78, 5) is 25.0. The largest absolute Gasteiger partial charge is 0.396 e. The zero-order valence-corrected chi connectivity index (χ0v) is 10.2. The highest BCUT2D eigenvalue weighted by atomic mass is 16.3. The standard InChI is InChI=1S/C10H18N4O3/c1-10(2,4-5-15)13-6-7(11)14(3)9(17)12-8(6)16/h13,15H,4-5,11H2,1-3H3,(H,12,16,17). The lowest BCUT2D eigenvalue weighted by Gasteiger charge is -2.27. The molecule has 7 nitrogen and oxygen atoms in total. The lowest BCUT2D eigenvalue weighted by molar-refractivity contribution is 0.261. The van der Waals surface area contributed by atoms with Crippen molar-refractivity contribution >= 4 is 11.5 Å². The quantitative estimate of drug-likeness (QED) is 0.553. The van der Waals surface area contributed by atoms with E-state index in [1.54, 1.807) is 0 Å². The lowest BCUT2D eigenvalue weighted by Crippen LogP contribution is -2.39. The molecule has 0 fully saturated rings. The van der Waals surface area contributed by atoms with Gasteiger partial charge in [0.2, 0.25) is 0 Å². The maximum absolute atomic E-state index is 11.6. The van der Waals surface area contributed by atoms with Crippen LogP contribution in [0.2, 0.25) is 0 Å². The summed E-state index contributed by atoms with van der Waals surface area (Å²) in [5, 5.41) is 11.8. The topological polar surface area (TPSA) is 113 Å². The van der Waals surface area contributed by atoms with Gasteiger partial charge in [-0.15, -0.1) is 0 Å². The third kappa shape index (κ3) is 2.88. The van der Waals surface area contributed by atoms with Gasteiger partial charge in [0.15, 0.2) is 0 Å². The van der Waals surface area contributed by atoms with E-state index in [1.807, 2.05) is 13.8 Å². The number of rotatable bonds is 4. The fourth-order valence-electron chi connectivity index (χ4n) is 1.44. The summed E-state index contributed by atoms with van der Waals surface area (Å²) in [5.74, 6) is 0.0739. The number of aromatic nitrogens is 2. The summed E-state index contributed by atoms with van der Waals surface area (Å²) in [7, 11) is 1.47. The van der Waals surface area contributed by atoms with E-state index in [4.69, 9.17) is 10.8 Å². The van der Waals surface area contributed by atoms with Crippen LogP contribution < -0.4 is 22.3 Å². The monoisotopic (exact) mass is 242 g/mol. The number of nitrogens with two attached hydrogens (primary N) is 1. The SMILES string of the molecule is Cn1c(N)c(NC(C)(C)CCO)c(=O)[nH]c1=O. The Hall–Kier alpha value is -1.76. The molecule has 0 spiro atoms. The van der Waals surface area contributed by atoms with E-state index in [1.165, 1.54) is 7.05 Å². The van der Waals surface area contributed by atoms with E-state index in [-0.39, 0.29) is 18.1 Å². The molecule has 1 heterocycles. The van der Waals surface area contributed by atoms with Gasteiger partial charge in [0, 0.05) is 19.2 Å². The van der Waals surface area contributed by atoms with Gasteiger partial charge in [-0.05, 0) is 20.3 Å². The second-order valence-corrected chi connectivity index (χ2v) is 4.56. The molecule has 7 heteroatoms. The molecule has 0 atom stereocenters. The van der Waals surface area contributed by atoms with Gasteiger partial charge in [-0.2, -0.15) is 0 Å². The van der Waals surface area contributed by atoms with Crippen LogP contribution >= 0.6 is 0 Å². The Balaban J connectivity index is 3.21. The Labute approximate surface area is 98.3 Å². The average molecular weight is 242 g/mol. The molecule has 1 rings (SSSR count). The Morgan fingerprint density at radius 1 is 1.47 bits per heavy atom. The van der Waals surface area contributed by atoms with E-state index < -0.39 is 16.8 Å². The van der Waals surface area contributed by atoms with E-state index >= 15 is 0 Å². The third-order valence-corrected chi connectivity index (χ3v) is 2.57. The van der Waals surface area contributed by atoms with Crippen LogP contribution in [0.25, 0.3) is 0 Å². The van der Waals surface area contributed by atoms with Crippen molar-refractivity contribution in [3.8, 4) is 0 Å². The number of hydrogen-bond acceptors (Lipinski definition) is 5. The summed E-state index contributed by atoms with van der Waals surface area (Å²) in [6.45, 7) is 3.64. The maximum Gasteiger partial charge on any atom is 0.329 e. The minimum Gasteiger partial charge on any atom is -0.396 e. The van der Waals surface area contributed by atoms with Gasteiger partial charge >= 0.3 is 5.69 Å². The molecule has 0 saturated carbocycles. The first-order valence-electron chi connectivity index (χ1n) is 5.26. The molecule has 96 valence electrons. The van der Waals surface area contributed by atoms with Gasteiger partial charge in [-0.3, -0.25) is 14.3 Å². The number of nitrogens with zero attached hydrogens (tertiary/aromatic N) is 1. The molecule has 0 aromatic carbocycles. The fourth-order valence-corrected chi connectivity index (χ4v) is 1.44. The van der Waals surface area contributed by atoms with Gasteiger partial charge < -0.3 is 16.2 Å². The number of H-pyrrole nitrogens is 1. The average Bonchev–Trinajstić information content (AvgIpc) is 2.21. The Bertz CT molecular complexity index is 515. The minimum atomic E-state index is -0.559. The van der Waals surface area contributed by atoms with Crippen LogP contribution in [0.3, 0.4) is 0 Å². The van der Waals surface area contributed by atoms with E-state index in [2.05, 4.69) is 10.3 Å². The van der Waals surface area contributed by atoms with Gasteiger partial charge in [0.05, 0.1) is 0 Å². The van der Waals surface area contributed by atoms with E-state index in [9.17, 15) is 9.59 Å². The van der Waals surface area contributed by atoms with E-state index in [0.29, 0.717) is 6.42 Å². The van der Waals surface area contributed by atoms with Gasteiger partial charge in [-0.1, -0.05) is 0 Å². The second-order valence-electron chi connectivity index (χ2n) is 4.56. The molecule has 0 aliphatic heterocycles. The van der Waals surface area contributed by atoms with Crippen LogP contribution in [0.5, 0.6) is 0 Å². The summed E-state index contributed by atoms with van der Waals surface area (Å²) < 4.78 is 1.15. The number of hydrogen-bond donors (Lipinski definition) is 4. The van der Waals surface area contributed by atoms with Crippen molar-refractivity contribution in [3.05, 3.63) is 20.8 Å². The number of nitrogens with one attached hydrogen (secondary N) is 2. The van der Waals surface area contributed by atoms with Crippen LogP contribution in [-0.4, -0.2) is 26.8 Å². The molecule has 0 saturated heterocycles. The zero-order valence-electron chi connectivity index (χ0n) is 10.2. The number of anilines is 2. The highest BCUT2D eigenvalue weighted by Gasteiger charge is 2.20. The van der Waals surface area contributed by atoms with Crippen LogP contribution in [0, 0.1) is 0 Å². The molecule has 0 bridgehead atoms. The van der Waals surface area contributed by atoms with E-state index in [0.717, 1.165) is 4.57 Å². The van der Waals surface area contributed by atoms with Crippen molar-refractivity contribution < 1.29 is 5.11 Å². The Morgan fingerprint density at radius 3 is 2.59 bits per heavy atom. The molecular weight excluding hydrogens is 224 g/mol. The number of nitrogen functional groups attached to an aromatic ring is 1. The van der Waals surface area contributed by atoms with Crippen molar-refractivity contribution in [1.82, 2.24) is 9.55 Å². The highest BCUT2D eigenvalue weighted by molar-refractivity contribution is 5.61. The molecule has 1 aromatic rings. The number of aliphatic hydroxyl groups excluding tert-OH is 1. The first-order chi connectivity index (χ1) is 7.78.